The Hall–Kier alpha value is -1.14. The summed E-state index contributed by atoms with van der Waals surface area (Å²) in [5, 5.41) is 0. The third kappa shape index (κ3) is 6.01. The summed E-state index contributed by atoms with van der Waals surface area (Å²) in [5.74, 6) is -0.607. The van der Waals surface area contributed by atoms with Crippen LogP contribution in [0.15, 0.2) is 46.9 Å². The van der Waals surface area contributed by atoms with Crippen LogP contribution in [-0.2, 0) is 19.4 Å². The van der Waals surface area contributed by atoms with Crippen molar-refractivity contribution >= 4 is 31.7 Å². The molecule has 116 valence electrons. The lowest BCUT2D eigenvalue weighted by molar-refractivity contribution is -0.141. The number of hydrogen-bond acceptors (Lipinski definition) is 4. The Morgan fingerprint density at radius 2 is 1.86 bits per heavy atom. The van der Waals surface area contributed by atoms with Gasteiger partial charge in [-0.05, 0) is 32.9 Å². The van der Waals surface area contributed by atoms with Crippen LogP contribution in [0.25, 0.3) is 0 Å². The molecule has 0 saturated carbocycles. The van der Waals surface area contributed by atoms with Gasteiger partial charge in [0, 0.05) is 6.08 Å². The highest BCUT2D eigenvalue weighted by Crippen LogP contribution is 2.18. The summed E-state index contributed by atoms with van der Waals surface area (Å²) in [6.45, 7) is 5.24. The fourth-order valence-electron chi connectivity index (χ4n) is 1.60. The first-order chi connectivity index (χ1) is 9.72. The van der Waals surface area contributed by atoms with Gasteiger partial charge >= 0.3 is 5.97 Å². The van der Waals surface area contributed by atoms with E-state index in [4.69, 9.17) is 4.74 Å². The summed E-state index contributed by atoms with van der Waals surface area (Å²) >= 11 is 3.29. The van der Waals surface area contributed by atoms with Crippen molar-refractivity contribution in [3.8, 4) is 0 Å². The van der Waals surface area contributed by atoms with Gasteiger partial charge in [-0.15, -0.1) is 0 Å². The number of carbonyl (C=O) groups excluding carboxylic acids is 1. The van der Waals surface area contributed by atoms with Crippen LogP contribution in [0.5, 0.6) is 0 Å². The largest absolute Gasteiger partial charge is 0.458 e. The molecule has 0 aromatic heterocycles. The maximum absolute atomic E-state index is 12.2. The van der Waals surface area contributed by atoms with E-state index in [1.165, 1.54) is 6.08 Å². The Bertz CT molecular complexity index is 604. The van der Waals surface area contributed by atoms with Gasteiger partial charge in [0.15, 0.2) is 9.84 Å². The van der Waals surface area contributed by atoms with Crippen LogP contribution in [0.1, 0.15) is 20.8 Å². The maximum atomic E-state index is 12.2. The van der Waals surface area contributed by atoms with Crippen molar-refractivity contribution in [2.45, 2.75) is 36.6 Å². The number of allylic oxidation sites excluding steroid dienone is 1. The molecule has 0 N–H and O–H groups in total. The normalized spacial score (nSPS) is 14.1. The molecule has 2 atom stereocenters. The molecule has 0 aliphatic carbocycles. The van der Waals surface area contributed by atoms with Crippen LogP contribution in [0.4, 0.5) is 0 Å². The van der Waals surface area contributed by atoms with Crippen molar-refractivity contribution in [2.24, 2.45) is 0 Å². The van der Waals surface area contributed by atoms with Gasteiger partial charge < -0.3 is 4.74 Å². The molecule has 0 unspecified atom stereocenters. The minimum absolute atomic E-state index is 0.139. The zero-order valence-corrected chi connectivity index (χ0v) is 14.6. The van der Waals surface area contributed by atoms with Crippen LogP contribution in [0.3, 0.4) is 0 Å². The predicted octanol–water partition coefficient (Wildman–Crippen LogP) is 3.12. The fraction of sp³-hybridized carbons (Fsp3) is 0.400. The van der Waals surface area contributed by atoms with E-state index in [2.05, 4.69) is 15.9 Å². The number of carbonyl (C=O) groups is 1. The third-order valence-corrected chi connectivity index (χ3v) is 5.98. The Morgan fingerprint density at radius 1 is 1.29 bits per heavy atom. The number of rotatable bonds is 6. The van der Waals surface area contributed by atoms with Crippen molar-refractivity contribution in [3.63, 3.8) is 0 Å². The third-order valence-electron chi connectivity index (χ3n) is 2.70. The Balaban J connectivity index is 2.70. The van der Waals surface area contributed by atoms with Gasteiger partial charge in [0.25, 0.3) is 0 Å². The van der Waals surface area contributed by atoms with Gasteiger partial charge in [-0.1, -0.05) is 39.7 Å². The first-order valence-corrected chi connectivity index (χ1v) is 9.06. The van der Waals surface area contributed by atoms with Crippen LogP contribution in [-0.4, -0.2) is 31.1 Å². The zero-order chi connectivity index (χ0) is 16.0. The molecule has 1 aromatic rings. The van der Waals surface area contributed by atoms with E-state index in [9.17, 15) is 13.2 Å². The summed E-state index contributed by atoms with van der Waals surface area (Å²) in [6.07, 6.45) is 0.827. The second-order valence-electron chi connectivity index (χ2n) is 4.97. The molecule has 6 heteroatoms. The molecule has 0 bridgehead atoms. The fourth-order valence-corrected chi connectivity index (χ4v) is 4.20. The van der Waals surface area contributed by atoms with Gasteiger partial charge in [0.1, 0.15) is 6.10 Å². The van der Waals surface area contributed by atoms with E-state index in [0.717, 1.165) is 5.57 Å². The van der Waals surface area contributed by atoms with Crippen LogP contribution in [0, 0.1) is 0 Å². The molecular weight excluding hydrogens is 356 g/mol. The highest BCUT2D eigenvalue weighted by atomic mass is 79.9. The zero-order valence-electron chi connectivity index (χ0n) is 12.2. The summed E-state index contributed by atoms with van der Waals surface area (Å²) in [7, 11) is -3.42. The second-order valence-corrected chi connectivity index (χ2v) is 8.18. The molecule has 0 aliphatic heterocycles. The molecule has 0 fully saturated rings. The van der Waals surface area contributed by atoms with Crippen LogP contribution >= 0.6 is 15.9 Å². The summed E-state index contributed by atoms with van der Waals surface area (Å²) in [4.78, 5) is 11.3. The molecule has 1 rings (SSSR count). The van der Waals surface area contributed by atoms with Crippen LogP contribution in [0.2, 0.25) is 0 Å². The van der Waals surface area contributed by atoms with E-state index < -0.39 is 26.7 Å². The minimum atomic E-state index is -3.42. The van der Waals surface area contributed by atoms with Gasteiger partial charge in [-0.2, -0.15) is 0 Å². The molecule has 0 aliphatic rings. The standard InChI is InChI=1S/C15H19BrO4S/c1-11(2)9-15(17)20-12(3)14(16)10-21(18,19)13-7-5-4-6-8-13/h4-9,12,14H,10H2,1-3H3/t12-,14+/m0/s1. The highest BCUT2D eigenvalue weighted by Gasteiger charge is 2.25. The highest BCUT2D eigenvalue weighted by molar-refractivity contribution is 9.09. The molecule has 4 nitrogen and oxygen atoms in total. The van der Waals surface area contributed by atoms with E-state index in [1.54, 1.807) is 51.1 Å². The number of sulfone groups is 1. The number of halogens is 1. The SMILES string of the molecule is CC(C)=CC(=O)O[C@@H](C)[C@H](Br)CS(=O)(=O)c1ccccc1. The molecule has 21 heavy (non-hydrogen) atoms. The minimum Gasteiger partial charge on any atom is -0.458 e. The summed E-state index contributed by atoms with van der Waals surface area (Å²) in [6, 6.07) is 8.21. The molecule has 1 aromatic carbocycles. The van der Waals surface area contributed by atoms with Gasteiger partial charge in [0.05, 0.1) is 15.5 Å². The van der Waals surface area contributed by atoms with Gasteiger partial charge in [-0.25, -0.2) is 13.2 Å². The average Bonchev–Trinajstić information content (AvgIpc) is 2.38. The Morgan fingerprint density at radius 3 is 2.38 bits per heavy atom. The Labute approximate surface area is 134 Å². The number of hydrogen-bond donors (Lipinski definition) is 0. The van der Waals surface area contributed by atoms with E-state index >= 15 is 0 Å². The van der Waals surface area contributed by atoms with E-state index in [-0.39, 0.29) is 10.6 Å². The number of ether oxygens (including phenoxy) is 1. The lowest BCUT2D eigenvalue weighted by atomic mass is 10.3. The summed E-state index contributed by atoms with van der Waals surface area (Å²) < 4.78 is 29.6. The molecule has 0 radical (unpaired) electrons. The number of benzene rings is 1. The maximum Gasteiger partial charge on any atom is 0.330 e. The first kappa shape index (κ1) is 17.9. The monoisotopic (exact) mass is 374 g/mol. The quantitative estimate of drug-likeness (QED) is 0.436. The van der Waals surface area contributed by atoms with Crippen molar-refractivity contribution in [1.82, 2.24) is 0 Å². The molecule has 0 spiro atoms. The van der Waals surface area contributed by atoms with Crippen molar-refractivity contribution < 1.29 is 17.9 Å². The van der Waals surface area contributed by atoms with Crippen LogP contribution < -0.4 is 0 Å². The molecule has 0 heterocycles. The van der Waals surface area contributed by atoms with Gasteiger partial charge in [-0.3, -0.25) is 0 Å². The Kier molecular flexibility index (Phi) is 6.61. The molecule has 0 amide bonds. The molecule has 0 saturated heterocycles. The van der Waals surface area contributed by atoms with Crippen molar-refractivity contribution in [3.05, 3.63) is 42.0 Å². The smallest absolute Gasteiger partial charge is 0.330 e. The lowest BCUT2D eigenvalue weighted by Gasteiger charge is -2.18. The lowest BCUT2D eigenvalue weighted by Crippen LogP contribution is -2.30. The van der Waals surface area contributed by atoms with Crippen molar-refractivity contribution in [2.75, 3.05) is 5.75 Å². The molecular formula is C15H19BrO4S. The first-order valence-electron chi connectivity index (χ1n) is 6.50. The van der Waals surface area contributed by atoms with Gasteiger partial charge in [0.2, 0.25) is 0 Å². The topological polar surface area (TPSA) is 60.4 Å². The van der Waals surface area contributed by atoms with E-state index in [0.29, 0.717) is 0 Å². The average molecular weight is 375 g/mol. The summed E-state index contributed by atoms with van der Waals surface area (Å²) in [5.41, 5.74) is 0.829. The second kappa shape index (κ2) is 7.75. The number of esters is 1. The van der Waals surface area contributed by atoms with Crippen molar-refractivity contribution in [1.29, 1.82) is 0 Å². The van der Waals surface area contributed by atoms with E-state index in [1.807, 2.05) is 0 Å². The predicted molar refractivity (Wildman–Crippen MR) is 86.2 cm³/mol. The number of alkyl halides is 1.